The number of hydrogen-bond acceptors (Lipinski definition) is 4. The lowest BCUT2D eigenvalue weighted by molar-refractivity contribution is -0.141. The predicted molar refractivity (Wildman–Crippen MR) is 89.3 cm³/mol. The average Bonchev–Trinajstić information content (AvgIpc) is 3.05. The molecule has 1 aromatic heterocycles. The Kier molecular flexibility index (Phi) is 6.68. The summed E-state index contributed by atoms with van der Waals surface area (Å²) < 4.78 is 19.2. The highest BCUT2D eigenvalue weighted by molar-refractivity contribution is 5.77. The van der Waals surface area contributed by atoms with Gasteiger partial charge < -0.3 is 14.8 Å². The molecule has 0 radical (unpaired) electrons. The maximum Gasteiger partial charge on any atom is 0.308 e. The number of nitrogens with one attached hydrogen (secondary N) is 1. The van der Waals surface area contributed by atoms with Crippen molar-refractivity contribution in [3.63, 3.8) is 0 Å². The number of carbonyl (C=O) groups excluding carboxylic acids is 1. The fraction of sp³-hybridized carbons (Fsp3) is 0.389. The fourth-order valence-corrected chi connectivity index (χ4v) is 2.42. The number of oxazole rings is 1. The van der Waals surface area contributed by atoms with Crippen molar-refractivity contribution < 1.29 is 23.5 Å². The number of rotatable bonds is 9. The Balaban J connectivity index is 1.84. The Labute approximate surface area is 145 Å². The zero-order valence-corrected chi connectivity index (χ0v) is 14.0. The number of carbonyl (C=O) groups is 2. The number of carboxylic acids is 1. The van der Waals surface area contributed by atoms with E-state index in [0.29, 0.717) is 23.6 Å². The first kappa shape index (κ1) is 18.6. The average molecular weight is 348 g/mol. The van der Waals surface area contributed by atoms with Gasteiger partial charge >= 0.3 is 5.97 Å². The lowest BCUT2D eigenvalue weighted by atomic mass is 10.0. The van der Waals surface area contributed by atoms with Gasteiger partial charge in [-0.1, -0.05) is 25.5 Å². The van der Waals surface area contributed by atoms with Crippen LogP contribution in [0.1, 0.15) is 32.1 Å². The van der Waals surface area contributed by atoms with Crippen LogP contribution in [0.4, 0.5) is 4.39 Å². The zero-order chi connectivity index (χ0) is 18.2. The number of halogens is 1. The summed E-state index contributed by atoms with van der Waals surface area (Å²) in [6.07, 6.45) is 3.05. The highest BCUT2D eigenvalue weighted by Gasteiger charge is 2.17. The first-order valence-corrected chi connectivity index (χ1v) is 8.20. The molecule has 0 aliphatic carbocycles. The Morgan fingerprint density at radius 1 is 1.36 bits per heavy atom. The van der Waals surface area contributed by atoms with Crippen molar-refractivity contribution in [1.29, 1.82) is 0 Å². The molecule has 1 atom stereocenters. The smallest absolute Gasteiger partial charge is 0.308 e. The van der Waals surface area contributed by atoms with Gasteiger partial charge in [0.25, 0.3) is 0 Å². The summed E-state index contributed by atoms with van der Waals surface area (Å²) in [5.74, 6) is -1.53. The van der Waals surface area contributed by atoms with Crippen LogP contribution in [0.5, 0.6) is 0 Å². The van der Waals surface area contributed by atoms with Gasteiger partial charge in [-0.15, -0.1) is 0 Å². The Morgan fingerprint density at radius 2 is 2.12 bits per heavy atom. The SMILES string of the molecule is CCCC(CNC(=O)CCc1ncc(-c2ccccc2F)o1)C(=O)O. The molecule has 0 saturated carbocycles. The van der Waals surface area contributed by atoms with Crippen molar-refractivity contribution in [2.45, 2.75) is 32.6 Å². The van der Waals surface area contributed by atoms with Gasteiger partial charge in [-0.05, 0) is 18.6 Å². The third-order valence-electron chi connectivity index (χ3n) is 3.79. The van der Waals surface area contributed by atoms with Gasteiger partial charge in [-0.3, -0.25) is 9.59 Å². The molecule has 25 heavy (non-hydrogen) atoms. The van der Waals surface area contributed by atoms with E-state index in [4.69, 9.17) is 9.52 Å². The molecule has 7 heteroatoms. The van der Waals surface area contributed by atoms with E-state index in [1.54, 1.807) is 18.2 Å². The fourth-order valence-electron chi connectivity index (χ4n) is 2.42. The topological polar surface area (TPSA) is 92.4 Å². The monoisotopic (exact) mass is 348 g/mol. The molecular weight excluding hydrogens is 327 g/mol. The predicted octanol–water partition coefficient (Wildman–Crippen LogP) is 3.03. The van der Waals surface area contributed by atoms with Crippen molar-refractivity contribution in [3.8, 4) is 11.3 Å². The normalized spacial score (nSPS) is 11.9. The molecule has 0 saturated heterocycles. The van der Waals surface area contributed by atoms with Crippen molar-refractivity contribution in [2.75, 3.05) is 6.54 Å². The van der Waals surface area contributed by atoms with Crippen LogP contribution in [0.25, 0.3) is 11.3 Å². The number of aliphatic carboxylic acids is 1. The summed E-state index contributed by atoms with van der Waals surface area (Å²) in [4.78, 5) is 26.9. The highest BCUT2D eigenvalue weighted by atomic mass is 19.1. The molecule has 1 amide bonds. The van der Waals surface area contributed by atoms with Gasteiger partial charge in [0.1, 0.15) is 5.82 Å². The summed E-state index contributed by atoms with van der Waals surface area (Å²) in [5.41, 5.74) is 0.314. The van der Waals surface area contributed by atoms with Crippen molar-refractivity contribution in [1.82, 2.24) is 10.3 Å². The molecule has 1 heterocycles. The first-order valence-electron chi connectivity index (χ1n) is 8.20. The van der Waals surface area contributed by atoms with E-state index < -0.39 is 17.7 Å². The van der Waals surface area contributed by atoms with Crippen LogP contribution in [0.2, 0.25) is 0 Å². The van der Waals surface area contributed by atoms with Gasteiger partial charge in [-0.25, -0.2) is 9.37 Å². The van der Waals surface area contributed by atoms with Gasteiger partial charge in [-0.2, -0.15) is 0 Å². The maximum atomic E-state index is 13.7. The third-order valence-corrected chi connectivity index (χ3v) is 3.79. The third kappa shape index (κ3) is 5.41. The molecule has 0 aliphatic rings. The largest absolute Gasteiger partial charge is 0.481 e. The first-order chi connectivity index (χ1) is 12.0. The summed E-state index contributed by atoms with van der Waals surface area (Å²) in [6.45, 7) is 2.00. The van der Waals surface area contributed by atoms with E-state index in [1.165, 1.54) is 12.3 Å². The second-order valence-electron chi connectivity index (χ2n) is 5.73. The molecule has 2 N–H and O–H groups in total. The van der Waals surface area contributed by atoms with Crippen molar-refractivity contribution >= 4 is 11.9 Å². The highest BCUT2D eigenvalue weighted by Crippen LogP contribution is 2.23. The molecule has 1 unspecified atom stereocenters. The van der Waals surface area contributed by atoms with E-state index in [0.717, 1.165) is 6.42 Å². The van der Waals surface area contributed by atoms with E-state index in [9.17, 15) is 14.0 Å². The minimum absolute atomic E-state index is 0.105. The van der Waals surface area contributed by atoms with Gasteiger partial charge in [0.2, 0.25) is 5.91 Å². The summed E-state index contributed by atoms with van der Waals surface area (Å²) >= 11 is 0. The maximum absolute atomic E-state index is 13.7. The lowest BCUT2D eigenvalue weighted by Crippen LogP contribution is -2.33. The molecular formula is C18H21FN2O4. The minimum atomic E-state index is -0.913. The molecule has 2 rings (SSSR count). The lowest BCUT2D eigenvalue weighted by Gasteiger charge is -2.11. The van der Waals surface area contributed by atoms with E-state index >= 15 is 0 Å². The van der Waals surface area contributed by atoms with E-state index in [2.05, 4.69) is 10.3 Å². The molecule has 0 spiro atoms. The second kappa shape index (κ2) is 8.96. The second-order valence-corrected chi connectivity index (χ2v) is 5.73. The summed E-state index contributed by atoms with van der Waals surface area (Å²) in [7, 11) is 0. The zero-order valence-electron chi connectivity index (χ0n) is 14.0. The summed E-state index contributed by atoms with van der Waals surface area (Å²) in [6, 6.07) is 6.21. The Hall–Kier alpha value is -2.70. The number of amides is 1. The molecule has 0 fully saturated rings. The van der Waals surface area contributed by atoms with Crippen molar-refractivity contribution in [2.24, 2.45) is 5.92 Å². The number of aromatic nitrogens is 1. The van der Waals surface area contributed by atoms with Crippen LogP contribution in [-0.4, -0.2) is 28.5 Å². The van der Waals surface area contributed by atoms with Crippen LogP contribution in [0.15, 0.2) is 34.9 Å². The molecule has 1 aromatic carbocycles. The van der Waals surface area contributed by atoms with E-state index in [-0.39, 0.29) is 25.3 Å². The van der Waals surface area contributed by atoms with Crippen LogP contribution in [0, 0.1) is 11.7 Å². The van der Waals surface area contributed by atoms with Gasteiger partial charge in [0, 0.05) is 19.4 Å². The molecule has 0 bridgehead atoms. The number of nitrogens with zero attached hydrogens (tertiary/aromatic N) is 1. The molecule has 134 valence electrons. The number of carboxylic acid groups (broad SMARTS) is 1. The van der Waals surface area contributed by atoms with E-state index in [1.807, 2.05) is 6.92 Å². The van der Waals surface area contributed by atoms with Crippen LogP contribution < -0.4 is 5.32 Å². The van der Waals surface area contributed by atoms with Crippen LogP contribution in [0.3, 0.4) is 0 Å². The number of aryl methyl sites for hydroxylation is 1. The Bertz CT molecular complexity index is 729. The standard InChI is InChI=1S/C18H21FN2O4/c1-2-5-12(18(23)24)10-20-16(22)8-9-17-21-11-15(25-17)13-6-3-4-7-14(13)19/h3-4,6-7,11-12H,2,5,8-10H2,1H3,(H,20,22)(H,23,24). The van der Waals surface area contributed by atoms with Gasteiger partial charge in [0.15, 0.2) is 11.7 Å². The molecule has 6 nitrogen and oxygen atoms in total. The quantitative estimate of drug-likeness (QED) is 0.727. The summed E-state index contributed by atoms with van der Waals surface area (Å²) in [5, 5.41) is 11.7. The number of benzene rings is 1. The Morgan fingerprint density at radius 3 is 2.80 bits per heavy atom. The van der Waals surface area contributed by atoms with Crippen LogP contribution in [-0.2, 0) is 16.0 Å². The molecule has 2 aromatic rings. The van der Waals surface area contributed by atoms with Crippen molar-refractivity contribution in [3.05, 3.63) is 42.2 Å². The van der Waals surface area contributed by atoms with Crippen LogP contribution >= 0.6 is 0 Å². The molecule has 0 aliphatic heterocycles. The van der Waals surface area contributed by atoms with Gasteiger partial charge in [0.05, 0.1) is 17.7 Å². The number of hydrogen-bond donors (Lipinski definition) is 2. The minimum Gasteiger partial charge on any atom is -0.481 e.